The minimum absolute atomic E-state index is 0.00197. The second-order valence-electron chi connectivity index (χ2n) is 5.77. The number of aliphatic imine (C=N–C) groups is 1. The minimum Gasteiger partial charge on any atom is -0.484 e. The number of carbonyl (C=O) groups is 1. The predicted octanol–water partition coefficient (Wildman–Crippen LogP) is 2.69. The Labute approximate surface area is 154 Å². The molecule has 6 heteroatoms. The molecule has 0 aliphatic heterocycles. The fourth-order valence-corrected chi connectivity index (χ4v) is 2.32. The van der Waals surface area contributed by atoms with Crippen molar-refractivity contribution in [2.24, 2.45) is 10.7 Å². The summed E-state index contributed by atoms with van der Waals surface area (Å²) in [7, 11) is 0. The first-order chi connectivity index (χ1) is 12.6. The fraction of sp³-hybridized carbons (Fsp3) is 0.300. The molecule has 1 amide bonds. The third kappa shape index (κ3) is 6.47. The molecule has 2 aromatic rings. The fourth-order valence-electron chi connectivity index (χ4n) is 2.32. The second-order valence-corrected chi connectivity index (χ2v) is 5.77. The predicted molar refractivity (Wildman–Crippen MR) is 105 cm³/mol. The van der Waals surface area contributed by atoms with Crippen molar-refractivity contribution in [2.75, 3.05) is 18.5 Å². The van der Waals surface area contributed by atoms with Crippen LogP contribution in [0.15, 0.2) is 53.5 Å². The number of anilines is 1. The maximum atomic E-state index is 11.4. The quantitative estimate of drug-likeness (QED) is 0.502. The summed E-state index contributed by atoms with van der Waals surface area (Å²) in [6.45, 7) is 4.99. The van der Waals surface area contributed by atoms with Gasteiger partial charge in [-0.05, 0) is 48.7 Å². The van der Waals surface area contributed by atoms with Crippen LogP contribution in [0.1, 0.15) is 25.0 Å². The highest BCUT2D eigenvalue weighted by atomic mass is 16.5. The molecule has 0 radical (unpaired) electrons. The Morgan fingerprint density at radius 1 is 1.12 bits per heavy atom. The van der Waals surface area contributed by atoms with Crippen LogP contribution in [0.2, 0.25) is 0 Å². The number of aryl methyl sites for hydroxylation is 1. The summed E-state index contributed by atoms with van der Waals surface area (Å²) < 4.78 is 5.48. The Morgan fingerprint density at radius 2 is 1.88 bits per heavy atom. The molecule has 0 aromatic heterocycles. The van der Waals surface area contributed by atoms with Crippen molar-refractivity contribution in [2.45, 2.75) is 26.8 Å². The van der Waals surface area contributed by atoms with Crippen LogP contribution in [0.5, 0.6) is 5.75 Å². The van der Waals surface area contributed by atoms with E-state index in [9.17, 15) is 4.79 Å². The third-order valence-electron chi connectivity index (χ3n) is 3.71. The molecule has 4 N–H and O–H groups in total. The van der Waals surface area contributed by atoms with E-state index in [0.29, 0.717) is 24.8 Å². The van der Waals surface area contributed by atoms with Gasteiger partial charge in [-0.25, -0.2) is 4.99 Å². The Balaban J connectivity index is 1.89. The van der Waals surface area contributed by atoms with E-state index < -0.39 is 0 Å². The highest BCUT2D eigenvalue weighted by molar-refractivity contribution is 5.92. The van der Waals surface area contributed by atoms with Gasteiger partial charge in [0, 0.05) is 12.2 Å². The Kier molecular flexibility index (Phi) is 7.49. The van der Waals surface area contributed by atoms with Gasteiger partial charge < -0.3 is 21.1 Å². The zero-order chi connectivity index (χ0) is 18.8. The van der Waals surface area contributed by atoms with Gasteiger partial charge in [0.2, 0.25) is 0 Å². The van der Waals surface area contributed by atoms with Crippen molar-refractivity contribution < 1.29 is 9.53 Å². The van der Waals surface area contributed by atoms with Gasteiger partial charge in [-0.15, -0.1) is 0 Å². The van der Waals surface area contributed by atoms with E-state index in [-0.39, 0.29) is 12.5 Å². The number of benzene rings is 2. The van der Waals surface area contributed by atoms with Crippen LogP contribution in [-0.4, -0.2) is 25.0 Å². The van der Waals surface area contributed by atoms with Crippen molar-refractivity contribution >= 4 is 17.6 Å². The van der Waals surface area contributed by atoms with Gasteiger partial charge in [-0.2, -0.15) is 0 Å². The molecule has 26 heavy (non-hydrogen) atoms. The molecule has 0 bridgehead atoms. The molecule has 0 heterocycles. The summed E-state index contributed by atoms with van der Waals surface area (Å²) in [6.07, 6.45) is 1.00. The van der Waals surface area contributed by atoms with Crippen molar-refractivity contribution in [3.8, 4) is 5.75 Å². The summed E-state index contributed by atoms with van der Waals surface area (Å²) in [5, 5.41) is 5.77. The highest BCUT2D eigenvalue weighted by Gasteiger charge is 2.02. The lowest BCUT2D eigenvalue weighted by molar-refractivity contribution is -0.122. The van der Waals surface area contributed by atoms with Crippen LogP contribution in [0.25, 0.3) is 0 Å². The number of guanidine groups is 1. The molecule has 0 spiro atoms. The zero-order valence-corrected chi connectivity index (χ0v) is 15.3. The monoisotopic (exact) mass is 354 g/mol. The lowest BCUT2D eigenvalue weighted by Gasteiger charge is -2.08. The van der Waals surface area contributed by atoms with Crippen LogP contribution in [0.3, 0.4) is 0 Å². The standard InChI is InChI=1S/C20H26N4O2/c1-3-15-8-10-17(11-9-15)24-20(21)23-13-16-6-5-7-18(12-16)26-14-19(25)22-4-2/h5-12H,3-4,13-14H2,1-2H3,(H,22,25)(H3,21,23,24). The van der Waals surface area contributed by atoms with Crippen LogP contribution in [-0.2, 0) is 17.8 Å². The van der Waals surface area contributed by atoms with Crippen molar-refractivity contribution in [1.82, 2.24) is 5.32 Å². The molecule has 0 unspecified atom stereocenters. The Hall–Kier alpha value is -3.02. The van der Waals surface area contributed by atoms with Crippen molar-refractivity contribution in [3.63, 3.8) is 0 Å². The molecular weight excluding hydrogens is 328 g/mol. The average Bonchev–Trinajstić information content (AvgIpc) is 2.66. The molecule has 0 aliphatic carbocycles. The van der Waals surface area contributed by atoms with Crippen LogP contribution in [0, 0.1) is 0 Å². The zero-order valence-electron chi connectivity index (χ0n) is 15.3. The average molecular weight is 354 g/mol. The lowest BCUT2D eigenvalue weighted by Crippen LogP contribution is -2.28. The van der Waals surface area contributed by atoms with Gasteiger partial charge in [0.15, 0.2) is 12.6 Å². The van der Waals surface area contributed by atoms with Gasteiger partial charge in [0.1, 0.15) is 5.75 Å². The summed E-state index contributed by atoms with van der Waals surface area (Å²) in [4.78, 5) is 15.8. The van der Waals surface area contributed by atoms with Crippen molar-refractivity contribution in [1.29, 1.82) is 0 Å². The molecule has 6 nitrogen and oxygen atoms in total. The largest absolute Gasteiger partial charge is 0.484 e. The molecule has 0 saturated heterocycles. The molecule has 0 aliphatic rings. The number of likely N-dealkylation sites (N-methyl/N-ethyl adjacent to an activating group) is 1. The summed E-state index contributed by atoms with van der Waals surface area (Å²) in [5.41, 5.74) is 9.08. The number of nitrogens with two attached hydrogens (primary N) is 1. The molecule has 2 aromatic carbocycles. The molecular formula is C20H26N4O2. The smallest absolute Gasteiger partial charge is 0.257 e. The molecule has 138 valence electrons. The summed E-state index contributed by atoms with van der Waals surface area (Å²) in [6, 6.07) is 15.6. The van der Waals surface area contributed by atoms with E-state index in [1.54, 1.807) is 0 Å². The van der Waals surface area contributed by atoms with Gasteiger partial charge in [0.05, 0.1) is 6.54 Å². The maximum absolute atomic E-state index is 11.4. The number of nitrogens with zero attached hydrogens (tertiary/aromatic N) is 1. The van der Waals surface area contributed by atoms with E-state index in [0.717, 1.165) is 17.7 Å². The van der Waals surface area contributed by atoms with E-state index >= 15 is 0 Å². The third-order valence-corrected chi connectivity index (χ3v) is 3.71. The van der Waals surface area contributed by atoms with Gasteiger partial charge in [0.25, 0.3) is 5.91 Å². The summed E-state index contributed by atoms with van der Waals surface area (Å²) in [5.74, 6) is 0.840. The number of nitrogens with one attached hydrogen (secondary N) is 2. The van der Waals surface area contributed by atoms with Gasteiger partial charge in [-0.3, -0.25) is 4.79 Å². The van der Waals surface area contributed by atoms with Crippen LogP contribution in [0.4, 0.5) is 5.69 Å². The maximum Gasteiger partial charge on any atom is 0.257 e. The van der Waals surface area contributed by atoms with Gasteiger partial charge in [-0.1, -0.05) is 31.2 Å². The number of rotatable bonds is 8. The normalized spacial score (nSPS) is 11.1. The lowest BCUT2D eigenvalue weighted by atomic mass is 10.1. The number of amides is 1. The van der Waals surface area contributed by atoms with Crippen molar-refractivity contribution in [3.05, 3.63) is 59.7 Å². The Morgan fingerprint density at radius 3 is 2.58 bits per heavy atom. The number of ether oxygens (including phenoxy) is 1. The second kappa shape index (κ2) is 10.1. The number of hydrogen-bond acceptors (Lipinski definition) is 3. The van der Waals surface area contributed by atoms with Crippen LogP contribution >= 0.6 is 0 Å². The van der Waals surface area contributed by atoms with E-state index in [2.05, 4.69) is 34.7 Å². The van der Waals surface area contributed by atoms with E-state index in [1.165, 1.54) is 5.56 Å². The topological polar surface area (TPSA) is 88.7 Å². The van der Waals surface area contributed by atoms with Gasteiger partial charge >= 0.3 is 0 Å². The van der Waals surface area contributed by atoms with E-state index in [4.69, 9.17) is 10.5 Å². The first-order valence-corrected chi connectivity index (χ1v) is 8.75. The summed E-state index contributed by atoms with van der Waals surface area (Å²) >= 11 is 0. The van der Waals surface area contributed by atoms with Crippen LogP contribution < -0.4 is 21.1 Å². The number of hydrogen-bond donors (Lipinski definition) is 3. The SMILES string of the molecule is CCNC(=O)COc1cccc(CN=C(N)Nc2ccc(CC)cc2)c1. The molecule has 0 fully saturated rings. The van der Waals surface area contributed by atoms with E-state index in [1.807, 2.05) is 43.3 Å². The first kappa shape index (κ1) is 19.3. The number of carbonyl (C=O) groups excluding carboxylic acids is 1. The Bertz CT molecular complexity index is 742. The molecule has 0 saturated carbocycles. The molecule has 0 atom stereocenters. The highest BCUT2D eigenvalue weighted by Crippen LogP contribution is 2.14. The minimum atomic E-state index is -0.140. The first-order valence-electron chi connectivity index (χ1n) is 8.75. The molecule has 2 rings (SSSR count).